The van der Waals surface area contributed by atoms with Gasteiger partial charge < -0.3 is 14.8 Å². The van der Waals surface area contributed by atoms with Gasteiger partial charge in [0.05, 0.1) is 6.61 Å². The van der Waals surface area contributed by atoms with Gasteiger partial charge in [-0.15, -0.1) is 0 Å². The summed E-state index contributed by atoms with van der Waals surface area (Å²) in [5, 5.41) is 2.79. The number of nitrogens with one attached hydrogen (secondary N) is 1. The molecule has 1 N–H and O–H groups in total. The number of benzene rings is 1. The third kappa shape index (κ3) is 6.06. The third-order valence-corrected chi connectivity index (χ3v) is 2.32. The first kappa shape index (κ1) is 15.2. The molecule has 0 unspecified atom stereocenters. The Morgan fingerprint density at radius 1 is 1.42 bits per heavy atom. The van der Waals surface area contributed by atoms with E-state index >= 15 is 0 Å². The molecule has 0 aliphatic carbocycles. The minimum Gasteiger partial charge on any atom is -0.489 e. The quantitative estimate of drug-likeness (QED) is 0.579. The highest BCUT2D eigenvalue weighted by Crippen LogP contribution is 2.13. The van der Waals surface area contributed by atoms with E-state index in [2.05, 4.69) is 11.9 Å². The Morgan fingerprint density at radius 2 is 2.21 bits per heavy atom. The van der Waals surface area contributed by atoms with Crippen molar-refractivity contribution in [2.24, 2.45) is 0 Å². The largest absolute Gasteiger partial charge is 0.489 e. The summed E-state index contributed by atoms with van der Waals surface area (Å²) in [5.74, 6) is 0.543. The molecule has 0 saturated carbocycles. The zero-order valence-electron chi connectivity index (χ0n) is 11.6. The van der Waals surface area contributed by atoms with Gasteiger partial charge in [0.1, 0.15) is 12.4 Å². The standard InChI is InChI=1S/C15H21NO3/c1-4-18-9-8-16-15(17)13-6-5-7-14(10-13)19-11-12(2)3/h5-7,10H,2,4,8-9,11H2,1,3H3,(H,16,17). The molecule has 1 aromatic carbocycles. The Hall–Kier alpha value is -1.81. The molecule has 4 nitrogen and oxygen atoms in total. The molecule has 1 amide bonds. The van der Waals surface area contributed by atoms with Crippen LogP contribution < -0.4 is 10.1 Å². The Kier molecular flexibility index (Phi) is 6.68. The highest BCUT2D eigenvalue weighted by atomic mass is 16.5. The summed E-state index contributed by atoms with van der Waals surface area (Å²) in [7, 11) is 0. The van der Waals surface area contributed by atoms with Crippen molar-refractivity contribution in [1.29, 1.82) is 0 Å². The minimum atomic E-state index is -0.125. The number of amides is 1. The molecule has 0 aliphatic heterocycles. The van der Waals surface area contributed by atoms with Crippen LogP contribution in [0.3, 0.4) is 0 Å². The van der Waals surface area contributed by atoms with Crippen LogP contribution >= 0.6 is 0 Å². The van der Waals surface area contributed by atoms with E-state index < -0.39 is 0 Å². The first-order valence-corrected chi connectivity index (χ1v) is 6.36. The summed E-state index contributed by atoms with van der Waals surface area (Å²) in [5.41, 5.74) is 1.52. The van der Waals surface area contributed by atoms with Crippen LogP contribution in [0.15, 0.2) is 36.4 Å². The molecule has 1 aromatic rings. The maximum atomic E-state index is 11.9. The van der Waals surface area contributed by atoms with E-state index in [0.29, 0.717) is 37.7 Å². The van der Waals surface area contributed by atoms with Crippen molar-refractivity contribution in [2.75, 3.05) is 26.4 Å². The maximum absolute atomic E-state index is 11.9. The van der Waals surface area contributed by atoms with E-state index in [4.69, 9.17) is 9.47 Å². The van der Waals surface area contributed by atoms with Crippen molar-refractivity contribution in [3.05, 3.63) is 42.0 Å². The fourth-order valence-corrected chi connectivity index (χ4v) is 1.42. The molecular weight excluding hydrogens is 242 g/mol. The number of hydrogen-bond donors (Lipinski definition) is 1. The number of hydrogen-bond acceptors (Lipinski definition) is 3. The van der Waals surface area contributed by atoms with Gasteiger partial charge in [-0.05, 0) is 37.6 Å². The second kappa shape index (κ2) is 8.32. The van der Waals surface area contributed by atoms with Gasteiger partial charge in [-0.2, -0.15) is 0 Å². The first-order valence-electron chi connectivity index (χ1n) is 6.36. The van der Waals surface area contributed by atoms with Crippen molar-refractivity contribution in [1.82, 2.24) is 5.32 Å². The van der Waals surface area contributed by atoms with Gasteiger partial charge in [0.15, 0.2) is 0 Å². The average Bonchev–Trinajstić information content (AvgIpc) is 2.41. The van der Waals surface area contributed by atoms with Gasteiger partial charge in [-0.3, -0.25) is 4.79 Å². The van der Waals surface area contributed by atoms with Crippen LogP contribution in [0.2, 0.25) is 0 Å². The fourth-order valence-electron chi connectivity index (χ4n) is 1.42. The zero-order chi connectivity index (χ0) is 14.1. The van der Waals surface area contributed by atoms with E-state index in [-0.39, 0.29) is 5.91 Å². The average molecular weight is 263 g/mol. The Balaban J connectivity index is 2.50. The summed E-state index contributed by atoms with van der Waals surface area (Å²) in [6.07, 6.45) is 0. The van der Waals surface area contributed by atoms with E-state index in [9.17, 15) is 4.79 Å². The Bertz CT molecular complexity index is 429. The smallest absolute Gasteiger partial charge is 0.251 e. The van der Waals surface area contributed by atoms with E-state index in [1.165, 1.54) is 0 Å². The van der Waals surface area contributed by atoms with Gasteiger partial charge in [-0.1, -0.05) is 12.6 Å². The second-order valence-corrected chi connectivity index (χ2v) is 4.23. The van der Waals surface area contributed by atoms with Crippen LogP contribution in [-0.2, 0) is 4.74 Å². The lowest BCUT2D eigenvalue weighted by molar-refractivity contribution is 0.0922. The Morgan fingerprint density at radius 3 is 2.89 bits per heavy atom. The first-order chi connectivity index (χ1) is 9.13. The molecule has 0 fully saturated rings. The molecule has 0 bridgehead atoms. The fraction of sp³-hybridized carbons (Fsp3) is 0.400. The van der Waals surface area contributed by atoms with Crippen molar-refractivity contribution < 1.29 is 14.3 Å². The minimum absolute atomic E-state index is 0.125. The molecule has 0 spiro atoms. The predicted molar refractivity (Wildman–Crippen MR) is 75.6 cm³/mol. The SMILES string of the molecule is C=C(C)COc1cccc(C(=O)NCCOCC)c1. The Labute approximate surface area is 114 Å². The van der Waals surface area contributed by atoms with Gasteiger partial charge in [0, 0.05) is 18.7 Å². The van der Waals surface area contributed by atoms with Crippen LogP contribution in [0.25, 0.3) is 0 Å². The molecule has 0 saturated heterocycles. The van der Waals surface area contributed by atoms with Crippen LogP contribution in [0.5, 0.6) is 5.75 Å². The van der Waals surface area contributed by atoms with Gasteiger partial charge in [-0.25, -0.2) is 0 Å². The van der Waals surface area contributed by atoms with Gasteiger partial charge >= 0.3 is 0 Å². The van der Waals surface area contributed by atoms with Crippen LogP contribution in [0, 0.1) is 0 Å². The van der Waals surface area contributed by atoms with E-state index in [0.717, 1.165) is 5.57 Å². The highest BCUT2D eigenvalue weighted by molar-refractivity contribution is 5.94. The van der Waals surface area contributed by atoms with Crippen molar-refractivity contribution in [3.63, 3.8) is 0 Å². The number of rotatable bonds is 8. The molecular formula is C15H21NO3. The summed E-state index contributed by atoms with van der Waals surface area (Å²) in [6.45, 7) is 9.71. The van der Waals surface area contributed by atoms with Gasteiger partial charge in [0.25, 0.3) is 5.91 Å². The maximum Gasteiger partial charge on any atom is 0.251 e. The molecule has 0 aliphatic rings. The van der Waals surface area contributed by atoms with Crippen molar-refractivity contribution in [3.8, 4) is 5.75 Å². The number of carbonyl (C=O) groups excluding carboxylic acids is 1. The summed E-state index contributed by atoms with van der Waals surface area (Å²) in [6, 6.07) is 7.09. The van der Waals surface area contributed by atoms with Gasteiger partial charge in [0.2, 0.25) is 0 Å². The zero-order valence-corrected chi connectivity index (χ0v) is 11.6. The molecule has 4 heteroatoms. The topological polar surface area (TPSA) is 47.6 Å². The lowest BCUT2D eigenvalue weighted by atomic mass is 10.2. The molecule has 0 heterocycles. The highest BCUT2D eigenvalue weighted by Gasteiger charge is 2.06. The molecule has 19 heavy (non-hydrogen) atoms. The number of ether oxygens (including phenoxy) is 2. The van der Waals surface area contributed by atoms with E-state index in [1.807, 2.05) is 19.9 Å². The second-order valence-electron chi connectivity index (χ2n) is 4.23. The summed E-state index contributed by atoms with van der Waals surface area (Å²) >= 11 is 0. The van der Waals surface area contributed by atoms with E-state index in [1.54, 1.807) is 18.2 Å². The van der Waals surface area contributed by atoms with Crippen LogP contribution in [-0.4, -0.2) is 32.3 Å². The predicted octanol–water partition coefficient (Wildman–Crippen LogP) is 2.41. The van der Waals surface area contributed by atoms with Crippen molar-refractivity contribution >= 4 is 5.91 Å². The lowest BCUT2D eigenvalue weighted by Crippen LogP contribution is -2.27. The molecule has 0 radical (unpaired) electrons. The lowest BCUT2D eigenvalue weighted by Gasteiger charge is -2.08. The normalized spacial score (nSPS) is 10.0. The third-order valence-electron chi connectivity index (χ3n) is 2.32. The number of carbonyl (C=O) groups is 1. The molecule has 104 valence electrons. The molecule has 0 atom stereocenters. The summed E-state index contributed by atoms with van der Waals surface area (Å²) < 4.78 is 10.7. The van der Waals surface area contributed by atoms with Crippen LogP contribution in [0.1, 0.15) is 24.2 Å². The van der Waals surface area contributed by atoms with Crippen molar-refractivity contribution in [2.45, 2.75) is 13.8 Å². The summed E-state index contributed by atoms with van der Waals surface area (Å²) in [4.78, 5) is 11.9. The molecule has 1 rings (SSSR count). The molecule has 0 aromatic heterocycles. The van der Waals surface area contributed by atoms with Crippen LogP contribution in [0.4, 0.5) is 0 Å². The monoisotopic (exact) mass is 263 g/mol.